The molecule has 2 aliphatic heterocycles. The van der Waals surface area contributed by atoms with Crippen molar-refractivity contribution in [2.24, 2.45) is 0 Å². The number of carbonyl (C=O) groups excluding carboxylic acids is 1. The second-order valence-electron chi connectivity index (χ2n) is 5.43. The topological polar surface area (TPSA) is 32.8 Å². The van der Waals surface area contributed by atoms with Crippen LogP contribution in [-0.2, 0) is 9.53 Å². The van der Waals surface area contributed by atoms with Gasteiger partial charge in [-0.25, -0.2) is 0 Å². The highest BCUT2D eigenvalue weighted by Gasteiger charge is 2.37. The molecule has 4 heteroatoms. The maximum atomic E-state index is 12.2. The number of carbonyl (C=O) groups is 1. The number of hydrogen-bond donors (Lipinski definition) is 0. The predicted octanol–water partition coefficient (Wildman–Crippen LogP) is 1.50. The van der Waals surface area contributed by atoms with Gasteiger partial charge in [0.1, 0.15) is 0 Å². The van der Waals surface area contributed by atoms with Crippen molar-refractivity contribution < 1.29 is 9.53 Å². The fourth-order valence-corrected chi connectivity index (χ4v) is 3.37. The van der Waals surface area contributed by atoms with Crippen molar-refractivity contribution in [2.75, 3.05) is 33.4 Å². The van der Waals surface area contributed by atoms with Crippen LogP contribution in [0.3, 0.4) is 0 Å². The van der Waals surface area contributed by atoms with Crippen molar-refractivity contribution in [3.05, 3.63) is 0 Å². The zero-order valence-electron chi connectivity index (χ0n) is 11.7. The molecule has 2 aliphatic rings. The van der Waals surface area contributed by atoms with Crippen molar-refractivity contribution in [1.29, 1.82) is 0 Å². The highest BCUT2D eigenvalue weighted by Crippen LogP contribution is 2.29. The minimum atomic E-state index is 0.284. The fraction of sp³-hybridized carbons (Fsp3) is 0.929. The third kappa shape index (κ3) is 3.04. The van der Waals surface area contributed by atoms with Crippen molar-refractivity contribution in [3.63, 3.8) is 0 Å². The molecule has 0 saturated carbocycles. The Morgan fingerprint density at radius 1 is 1.22 bits per heavy atom. The SMILES string of the molecule is CCOCCC(=O)N1CCC[C@@H]1[C@@H]1CCCN1C. The summed E-state index contributed by atoms with van der Waals surface area (Å²) >= 11 is 0. The van der Waals surface area contributed by atoms with Crippen molar-refractivity contribution >= 4 is 5.91 Å². The molecule has 2 saturated heterocycles. The second kappa shape index (κ2) is 6.53. The van der Waals surface area contributed by atoms with Gasteiger partial charge in [-0.2, -0.15) is 0 Å². The molecule has 0 N–H and O–H groups in total. The average molecular weight is 254 g/mol. The first-order valence-corrected chi connectivity index (χ1v) is 7.31. The van der Waals surface area contributed by atoms with E-state index in [0.717, 1.165) is 13.0 Å². The summed E-state index contributed by atoms with van der Waals surface area (Å²) in [6.45, 7) is 5.36. The van der Waals surface area contributed by atoms with E-state index in [1.165, 1.54) is 25.8 Å². The predicted molar refractivity (Wildman–Crippen MR) is 71.5 cm³/mol. The lowest BCUT2D eigenvalue weighted by atomic mass is 10.0. The number of rotatable bonds is 5. The molecule has 0 aromatic carbocycles. The molecule has 0 bridgehead atoms. The maximum absolute atomic E-state index is 12.2. The Morgan fingerprint density at radius 2 is 1.94 bits per heavy atom. The molecule has 2 fully saturated rings. The van der Waals surface area contributed by atoms with Crippen LogP contribution in [0, 0.1) is 0 Å². The van der Waals surface area contributed by atoms with E-state index in [0.29, 0.717) is 31.7 Å². The minimum absolute atomic E-state index is 0.284. The van der Waals surface area contributed by atoms with Gasteiger partial charge in [-0.15, -0.1) is 0 Å². The molecular weight excluding hydrogens is 228 g/mol. The summed E-state index contributed by atoms with van der Waals surface area (Å²) in [5, 5.41) is 0. The van der Waals surface area contributed by atoms with Crippen LogP contribution in [0.5, 0.6) is 0 Å². The summed E-state index contributed by atoms with van der Waals surface area (Å²) in [5.74, 6) is 0.284. The highest BCUT2D eigenvalue weighted by molar-refractivity contribution is 5.77. The first kappa shape index (κ1) is 13.8. The largest absolute Gasteiger partial charge is 0.381 e. The third-order valence-electron chi connectivity index (χ3n) is 4.30. The Balaban J connectivity index is 1.88. The Morgan fingerprint density at radius 3 is 2.61 bits per heavy atom. The van der Waals surface area contributed by atoms with Crippen molar-refractivity contribution in [2.45, 2.75) is 51.1 Å². The fourth-order valence-electron chi connectivity index (χ4n) is 3.37. The van der Waals surface area contributed by atoms with Crippen LogP contribution in [0.15, 0.2) is 0 Å². The van der Waals surface area contributed by atoms with E-state index in [9.17, 15) is 4.79 Å². The summed E-state index contributed by atoms with van der Waals surface area (Å²) in [6, 6.07) is 1.04. The summed E-state index contributed by atoms with van der Waals surface area (Å²) in [6.07, 6.45) is 5.40. The Hall–Kier alpha value is -0.610. The van der Waals surface area contributed by atoms with Crippen LogP contribution in [-0.4, -0.2) is 61.1 Å². The number of ether oxygens (including phenoxy) is 1. The quantitative estimate of drug-likeness (QED) is 0.697. The molecule has 0 unspecified atom stereocenters. The molecule has 0 spiro atoms. The smallest absolute Gasteiger partial charge is 0.225 e. The van der Waals surface area contributed by atoms with Crippen LogP contribution in [0.4, 0.5) is 0 Å². The molecule has 0 aliphatic carbocycles. The van der Waals surface area contributed by atoms with Gasteiger partial charge in [0.15, 0.2) is 0 Å². The van der Waals surface area contributed by atoms with Gasteiger partial charge in [0.25, 0.3) is 0 Å². The summed E-state index contributed by atoms with van der Waals surface area (Å²) in [5.41, 5.74) is 0. The van der Waals surface area contributed by atoms with E-state index in [1.807, 2.05) is 6.92 Å². The summed E-state index contributed by atoms with van der Waals surface area (Å²) in [7, 11) is 2.19. The Kier molecular flexibility index (Phi) is 5.01. The van der Waals surface area contributed by atoms with Gasteiger partial charge in [-0.1, -0.05) is 0 Å². The number of nitrogens with zero attached hydrogens (tertiary/aromatic N) is 2. The van der Waals surface area contributed by atoms with E-state index >= 15 is 0 Å². The molecule has 0 aromatic heterocycles. The first-order valence-electron chi connectivity index (χ1n) is 7.31. The summed E-state index contributed by atoms with van der Waals surface area (Å²) < 4.78 is 5.29. The zero-order chi connectivity index (χ0) is 13.0. The Bertz CT molecular complexity index is 283. The van der Waals surface area contributed by atoms with Gasteiger partial charge in [-0.3, -0.25) is 4.79 Å². The lowest BCUT2D eigenvalue weighted by molar-refractivity contribution is -0.134. The number of hydrogen-bond acceptors (Lipinski definition) is 3. The molecule has 2 atom stereocenters. The molecule has 4 nitrogen and oxygen atoms in total. The lowest BCUT2D eigenvalue weighted by Gasteiger charge is -2.33. The molecule has 2 heterocycles. The molecule has 0 radical (unpaired) electrons. The van der Waals surface area contributed by atoms with Gasteiger partial charge in [0.05, 0.1) is 13.0 Å². The molecule has 1 amide bonds. The maximum Gasteiger partial charge on any atom is 0.225 e. The second-order valence-corrected chi connectivity index (χ2v) is 5.43. The van der Waals surface area contributed by atoms with Gasteiger partial charge >= 0.3 is 0 Å². The highest BCUT2D eigenvalue weighted by atomic mass is 16.5. The monoisotopic (exact) mass is 254 g/mol. The first-order chi connectivity index (χ1) is 8.74. The van der Waals surface area contributed by atoms with Crippen LogP contribution < -0.4 is 0 Å². The molecular formula is C14H26N2O2. The number of amides is 1. The van der Waals surface area contributed by atoms with Gasteiger partial charge in [0, 0.05) is 25.2 Å². The number of likely N-dealkylation sites (N-methyl/N-ethyl adjacent to an activating group) is 1. The third-order valence-corrected chi connectivity index (χ3v) is 4.30. The van der Waals surface area contributed by atoms with E-state index in [1.54, 1.807) is 0 Å². The van der Waals surface area contributed by atoms with Gasteiger partial charge < -0.3 is 14.5 Å². The van der Waals surface area contributed by atoms with Crippen LogP contribution >= 0.6 is 0 Å². The van der Waals surface area contributed by atoms with Crippen LogP contribution in [0.2, 0.25) is 0 Å². The van der Waals surface area contributed by atoms with Crippen molar-refractivity contribution in [1.82, 2.24) is 9.80 Å². The zero-order valence-corrected chi connectivity index (χ0v) is 11.7. The standard InChI is InChI=1S/C14H26N2O2/c1-3-18-11-8-14(17)16-10-5-7-13(16)12-6-4-9-15(12)2/h12-13H,3-11H2,1-2H3/t12-,13+/m0/s1. The molecule has 18 heavy (non-hydrogen) atoms. The minimum Gasteiger partial charge on any atom is -0.381 e. The molecule has 104 valence electrons. The van der Waals surface area contributed by atoms with E-state index in [4.69, 9.17) is 4.74 Å². The molecule has 0 aromatic rings. The average Bonchev–Trinajstić information content (AvgIpc) is 2.97. The van der Waals surface area contributed by atoms with E-state index < -0.39 is 0 Å². The van der Waals surface area contributed by atoms with Crippen molar-refractivity contribution in [3.8, 4) is 0 Å². The normalized spacial score (nSPS) is 29.1. The van der Waals surface area contributed by atoms with E-state index in [2.05, 4.69) is 16.8 Å². The van der Waals surface area contributed by atoms with Crippen LogP contribution in [0.25, 0.3) is 0 Å². The van der Waals surface area contributed by atoms with Gasteiger partial charge in [0.2, 0.25) is 5.91 Å². The Labute approximate surface area is 110 Å². The summed E-state index contributed by atoms with van der Waals surface area (Å²) in [4.78, 5) is 16.8. The van der Waals surface area contributed by atoms with E-state index in [-0.39, 0.29) is 5.91 Å². The number of likely N-dealkylation sites (tertiary alicyclic amines) is 2. The lowest BCUT2D eigenvalue weighted by Crippen LogP contribution is -2.47. The van der Waals surface area contributed by atoms with Gasteiger partial charge in [-0.05, 0) is 46.2 Å². The van der Waals surface area contributed by atoms with Crippen LogP contribution in [0.1, 0.15) is 39.0 Å². The molecule has 2 rings (SSSR count).